The maximum atomic E-state index is 3.66. The van der Waals surface area contributed by atoms with Crippen molar-refractivity contribution in [2.75, 3.05) is 19.6 Å². The summed E-state index contributed by atoms with van der Waals surface area (Å²) in [6.07, 6.45) is 3.78. The normalized spacial score (nSPS) is 14.4. The summed E-state index contributed by atoms with van der Waals surface area (Å²) in [6.45, 7) is 17.2. The first-order valence-electron chi connectivity index (χ1n) is 6.95. The molecular formula is C14H32N2. The third-order valence-corrected chi connectivity index (χ3v) is 3.59. The Balaban J connectivity index is 3.96. The zero-order chi connectivity index (χ0) is 12.6. The van der Waals surface area contributed by atoms with Gasteiger partial charge in [-0.1, -0.05) is 27.2 Å². The van der Waals surface area contributed by atoms with Crippen LogP contribution >= 0.6 is 0 Å². The Bertz CT molecular complexity index is 166. The molecule has 98 valence electrons. The van der Waals surface area contributed by atoms with E-state index in [9.17, 15) is 0 Å². The highest BCUT2D eigenvalue weighted by Crippen LogP contribution is 2.08. The maximum absolute atomic E-state index is 3.66. The van der Waals surface area contributed by atoms with Crippen molar-refractivity contribution in [1.29, 1.82) is 0 Å². The smallest absolute Gasteiger partial charge is 0.0192 e. The molecule has 0 spiro atoms. The first-order valence-corrected chi connectivity index (χ1v) is 6.95. The summed E-state index contributed by atoms with van der Waals surface area (Å²) in [6, 6.07) is 0.641. The Morgan fingerprint density at radius 3 is 2.25 bits per heavy atom. The SMILES string of the molecule is CCCCN(CC)C(C)CNC(C)(C)CC. The molecule has 0 amide bonds. The number of unbranched alkanes of at least 4 members (excludes halogenated alkanes) is 1. The van der Waals surface area contributed by atoms with Crippen molar-refractivity contribution in [3.63, 3.8) is 0 Å². The lowest BCUT2D eigenvalue weighted by molar-refractivity contribution is 0.197. The molecule has 0 aliphatic carbocycles. The van der Waals surface area contributed by atoms with E-state index in [-0.39, 0.29) is 5.54 Å². The van der Waals surface area contributed by atoms with Gasteiger partial charge in [0.25, 0.3) is 0 Å². The molecule has 0 fully saturated rings. The Morgan fingerprint density at radius 2 is 1.81 bits per heavy atom. The maximum Gasteiger partial charge on any atom is 0.0192 e. The van der Waals surface area contributed by atoms with Crippen molar-refractivity contribution < 1.29 is 0 Å². The van der Waals surface area contributed by atoms with Crippen molar-refractivity contribution in [2.24, 2.45) is 0 Å². The Kier molecular flexibility index (Phi) is 8.04. The van der Waals surface area contributed by atoms with Gasteiger partial charge >= 0.3 is 0 Å². The van der Waals surface area contributed by atoms with Crippen LogP contribution in [-0.2, 0) is 0 Å². The highest BCUT2D eigenvalue weighted by atomic mass is 15.2. The number of rotatable bonds is 9. The fraction of sp³-hybridized carbons (Fsp3) is 1.00. The van der Waals surface area contributed by atoms with Gasteiger partial charge in [-0.2, -0.15) is 0 Å². The summed E-state index contributed by atoms with van der Waals surface area (Å²) < 4.78 is 0. The number of nitrogens with zero attached hydrogens (tertiary/aromatic N) is 1. The highest BCUT2D eigenvalue weighted by Gasteiger charge is 2.17. The second-order valence-corrected chi connectivity index (χ2v) is 5.45. The molecule has 2 nitrogen and oxygen atoms in total. The molecule has 1 unspecified atom stereocenters. The van der Waals surface area contributed by atoms with Crippen molar-refractivity contribution in [2.45, 2.75) is 72.4 Å². The van der Waals surface area contributed by atoms with Gasteiger partial charge in [0, 0.05) is 18.1 Å². The number of hydrogen-bond acceptors (Lipinski definition) is 2. The van der Waals surface area contributed by atoms with Gasteiger partial charge in [-0.15, -0.1) is 0 Å². The van der Waals surface area contributed by atoms with Crippen molar-refractivity contribution in [3.8, 4) is 0 Å². The van der Waals surface area contributed by atoms with Crippen LogP contribution in [0, 0.1) is 0 Å². The van der Waals surface area contributed by atoms with E-state index >= 15 is 0 Å². The average molecular weight is 228 g/mol. The Hall–Kier alpha value is -0.0800. The van der Waals surface area contributed by atoms with Gasteiger partial charge < -0.3 is 5.32 Å². The van der Waals surface area contributed by atoms with Crippen LogP contribution in [0.1, 0.15) is 60.8 Å². The van der Waals surface area contributed by atoms with Crippen LogP contribution in [0.15, 0.2) is 0 Å². The monoisotopic (exact) mass is 228 g/mol. The van der Waals surface area contributed by atoms with Crippen LogP contribution in [0.2, 0.25) is 0 Å². The molecule has 1 N–H and O–H groups in total. The topological polar surface area (TPSA) is 15.3 Å². The predicted octanol–water partition coefficient (Wildman–Crippen LogP) is 3.28. The summed E-state index contributed by atoms with van der Waals surface area (Å²) >= 11 is 0. The second kappa shape index (κ2) is 8.08. The lowest BCUT2D eigenvalue weighted by Gasteiger charge is -2.32. The van der Waals surface area contributed by atoms with Crippen LogP contribution in [0.5, 0.6) is 0 Å². The van der Waals surface area contributed by atoms with Crippen molar-refractivity contribution >= 4 is 0 Å². The third-order valence-electron chi connectivity index (χ3n) is 3.59. The summed E-state index contributed by atoms with van der Waals surface area (Å²) in [7, 11) is 0. The van der Waals surface area contributed by atoms with E-state index in [2.05, 4.69) is 51.8 Å². The molecule has 0 aromatic rings. The summed E-state index contributed by atoms with van der Waals surface area (Å²) in [5, 5.41) is 3.66. The molecule has 0 radical (unpaired) electrons. The van der Waals surface area contributed by atoms with Gasteiger partial charge in [0.2, 0.25) is 0 Å². The van der Waals surface area contributed by atoms with E-state index in [1.165, 1.54) is 25.8 Å². The Labute approximate surface area is 103 Å². The van der Waals surface area contributed by atoms with Crippen LogP contribution in [0.3, 0.4) is 0 Å². The van der Waals surface area contributed by atoms with E-state index in [1.54, 1.807) is 0 Å². The molecule has 0 aliphatic heterocycles. The largest absolute Gasteiger partial charge is 0.310 e. The first-order chi connectivity index (χ1) is 7.46. The van der Waals surface area contributed by atoms with E-state index in [0.29, 0.717) is 6.04 Å². The van der Waals surface area contributed by atoms with Crippen LogP contribution < -0.4 is 5.32 Å². The zero-order valence-electron chi connectivity index (χ0n) is 12.3. The van der Waals surface area contributed by atoms with E-state index in [1.807, 2.05) is 0 Å². The fourth-order valence-corrected chi connectivity index (χ4v) is 1.73. The molecule has 1 atom stereocenters. The first kappa shape index (κ1) is 15.9. The molecule has 0 rings (SSSR count). The predicted molar refractivity (Wildman–Crippen MR) is 74.0 cm³/mol. The molecule has 0 heterocycles. The van der Waals surface area contributed by atoms with Gasteiger partial charge in [0.05, 0.1) is 0 Å². The Morgan fingerprint density at radius 1 is 1.19 bits per heavy atom. The summed E-state index contributed by atoms with van der Waals surface area (Å²) in [4.78, 5) is 2.57. The van der Waals surface area contributed by atoms with Gasteiger partial charge in [-0.25, -0.2) is 0 Å². The molecular weight excluding hydrogens is 196 g/mol. The summed E-state index contributed by atoms with van der Waals surface area (Å²) in [5.41, 5.74) is 0.276. The lowest BCUT2D eigenvalue weighted by atomic mass is 10.0. The van der Waals surface area contributed by atoms with E-state index < -0.39 is 0 Å². The van der Waals surface area contributed by atoms with Gasteiger partial charge in [-0.3, -0.25) is 4.90 Å². The van der Waals surface area contributed by atoms with Crippen molar-refractivity contribution in [3.05, 3.63) is 0 Å². The lowest BCUT2D eigenvalue weighted by Crippen LogP contribution is -2.47. The molecule has 0 saturated heterocycles. The number of hydrogen-bond donors (Lipinski definition) is 1. The molecule has 0 bridgehead atoms. The average Bonchev–Trinajstić information content (AvgIpc) is 2.27. The minimum atomic E-state index is 0.276. The number of nitrogens with one attached hydrogen (secondary N) is 1. The van der Waals surface area contributed by atoms with Crippen LogP contribution in [-0.4, -0.2) is 36.1 Å². The standard InChI is InChI=1S/C14H32N2/c1-7-10-11-16(9-3)13(4)12-15-14(5,6)8-2/h13,15H,7-12H2,1-6H3. The fourth-order valence-electron chi connectivity index (χ4n) is 1.73. The molecule has 0 aromatic heterocycles. The molecule has 0 saturated carbocycles. The van der Waals surface area contributed by atoms with Crippen molar-refractivity contribution in [1.82, 2.24) is 10.2 Å². The molecule has 16 heavy (non-hydrogen) atoms. The third kappa shape index (κ3) is 6.49. The highest BCUT2D eigenvalue weighted by molar-refractivity contribution is 4.78. The molecule has 0 aromatic carbocycles. The zero-order valence-corrected chi connectivity index (χ0v) is 12.3. The van der Waals surface area contributed by atoms with Gasteiger partial charge in [0.15, 0.2) is 0 Å². The van der Waals surface area contributed by atoms with E-state index in [0.717, 1.165) is 13.1 Å². The summed E-state index contributed by atoms with van der Waals surface area (Å²) in [5.74, 6) is 0. The quantitative estimate of drug-likeness (QED) is 0.651. The second-order valence-electron chi connectivity index (χ2n) is 5.45. The van der Waals surface area contributed by atoms with Gasteiger partial charge in [-0.05, 0) is 46.7 Å². The van der Waals surface area contributed by atoms with Crippen LogP contribution in [0.4, 0.5) is 0 Å². The minimum Gasteiger partial charge on any atom is -0.310 e. The molecule has 0 aliphatic rings. The minimum absolute atomic E-state index is 0.276. The van der Waals surface area contributed by atoms with Crippen LogP contribution in [0.25, 0.3) is 0 Å². The molecule has 2 heteroatoms. The van der Waals surface area contributed by atoms with E-state index in [4.69, 9.17) is 0 Å². The van der Waals surface area contributed by atoms with Gasteiger partial charge in [0.1, 0.15) is 0 Å². The number of likely N-dealkylation sites (N-methyl/N-ethyl adjacent to an activating group) is 1.